The van der Waals surface area contributed by atoms with Crippen LogP contribution in [0, 0.1) is 0 Å². The highest BCUT2D eigenvalue weighted by Gasteiger charge is 2.24. The summed E-state index contributed by atoms with van der Waals surface area (Å²) in [5, 5.41) is 16.4. The number of rotatable bonds is 11. The highest BCUT2D eigenvalue weighted by atomic mass is 32.2. The Kier molecular flexibility index (Phi) is 9.66. The van der Waals surface area contributed by atoms with Crippen LogP contribution in [0.1, 0.15) is 44.1 Å². The number of amides is 2. The lowest BCUT2D eigenvalue weighted by molar-refractivity contribution is -0.142. The first-order valence-electron chi connectivity index (χ1n) is 12.2. The van der Waals surface area contributed by atoms with Crippen LogP contribution in [0.2, 0.25) is 0 Å². The molecular formula is C29H25N3O6S2. The van der Waals surface area contributed by atoms with Gasteiger partial charge >= 0.3 is 11.9 Å². The zero-order valence-electron chi connectivity index (χ0n) is 21.3. The molecule has 0 aliphatic heterocycles. The Morgan fingerprint density at radius 3 is 2.40 bits per heavy atom. The van der Waals surface area contributed by atoms with E-state index in [-0.39, 0.29) is 36.0 Å². The molecule has 1 aromatic heterocycles. The molecule has 2 amide bonds. The summed E-state index contributed by atoms with van der Waals surface area (Å²) in [4.78, 5) is 54.6. The van der Waals surface area contributed by atoms with Crippen LogP contribution in [-0.2, 0) is 20.7 Å². The van der Waals surface area contributed by atoms with Crippen molar-refractivity contribution in [2.45, 2.75) is 23.5 Å². The average molecular weight is 576 g/mol. The van der Waals surface area contributed by atoms with E-state index in [1.165, 1.54) is 35.2 Å². The monoisotopic (exact) mass is 575 g/mol. The number of thiazole rings is 1. The van der Waals surface area contributed by atoms with E-state index in [9.17, 15) is 24.3 Å². The molecule has 0 aliphatic carbocycles. The molecule has 3 N–H and O–H groups in total. The van der Waals surface area contributed by atoms with Gasteiger partial charge in [-0.2, -0.15) is 0 Å². The molecule has 11 heteroatoms. The maximum Gasteiger partial charge on any atom is 0.336 e. The number of thioether (sulfide) groups is 1. The fourth-order valence-corrected chi connectivity index (χ4v) is 5.52. The maximum absolute atomic E-state index is 13.4. The fourth-order valence-electron chi connectivity index (χ4n) is 3.73. The van der Waals surface area contributed by atoms with Gasteiger partial charge in [0, 0.05) is 16.0 Å². The molecule has 0 saturated heterocycles. The van der Waals surface area contributed by atoms with Gasteiger partial charge in [-0.25, -0.2) is 9.78 Å². The Hall–Kier alpha value is -4.48. The zero-order chi connectivity index (χ0) is 28.5. The van der Waals surface area contributed by atoms with E-state index in [0.29, 0.717) is 21.4 Å². The number of hydrogen-bond donors (Lipinski definition) is 3. The van der Waals surface area contributed by atoms with E-state index in [4.69, 9.17) is 4.74 Å². The summed E-state index contributed by atoms with van der Waals surface area (Å²) in [6.07, 6.45) is 0.0204. The van der Waals surface area contributed by atoms with E-state index in [1.807, 2.05) is 36.4 Å². The highest BCUT2D eigenvalue weighted by molar-refractivity contribution is 8.00. The smallest absolute Gasteiger partial charge is 0.336 e. The van der Waals surface area contributed by atoms with Crippen molar-refractivity contribution in [3.8, 4) is 0 Å². The zero-order valence-corrected chi connectivity index (χ0v) is 23.0. The second kappa shape index (κ2) is 13.5. The third kappa shape index (κ3) is 7.55. The fraction of sp³-hybridized carbons (Fsp3) is 0.138. The molecule has 1 atom stereocenters. The summed E-state index contributed by atoms with van der Waals surface area (Å²) in [7, 11) is 0. The predicted molar refractivity (Wildman–Crippen MR) is 154 cm³/mol. The van der Waals surface area contributed by atoms with Crippen LogP contribution in [0.15, 0.2) is 89.1 Å². The number of nitrogens with zero attached hydrogens (tertiary/aromatic N) is 1. The van der Waals surface area contributed by atoms with Crippen molar-refractivity contribution in [1.29, 1.82) is 0 Å². The average Bonchev–Trinajstić information content (AvgIpc) is 3.38. The Morgan fingerprint density at radius 1 is 0.950 bits per heavy atom. The molecule has 40 heavy (non-hydrogen) atoms. The number of benzene rings is 3. The van der Waals surface area contributed by atoms with Gasteiger partial charge in [0.05, 0.1) is 29.8 Å². The number of carboxylic acid groups (broad SMARTS) is 1. The Labute approximate surface area is 238 Å². The van der Waals surface area contributed by atoms with Gasteiger partial charge in [0.2, 0.25) is 5.91 Å². The molecule has 0 aliphatic rings. The molecule has 1 unspecified atom stereocenters. The summed E-state index contributed by atoms with van der Waals surface area (Å²) in [5.74, 6) is -2.44. The SMILES string of the molecule is CCOC(=O)Cc1csc(NC(=O)C(Sc2cccc(NC(=O)c3ccccc3C(=O)O)c2)c2ccccc2)n1. The van der Waals surface area contributed by atoms with Crippen LogP contribution in [0.4, 0.5) is 10.8 Å². The van der Waals surface area contributed by atoms with Crippen molar-refractivity contribution in [2.75, 3.05) is 17.2 Å². The topological polar surface area (TPSA) is 135 Å². The minimum atomic E-state index is -1.19. The molecule has 0 fully saturated rings. The summed E-state index contributed by atoms with van der Waals surface area (Å²) in [6, 6.07) is 22.2. The molecule has 4 rings (SSSR count). The Bertz CT molecular complexity index is 1520. The van der Waals surface area contributed by atoms with E-state index < -0.39 is 17.1 Å². The second-order valence-corrected chi connectivity index (χ2v) is 10.4. The van der Waals surface area contributed by atoms with Gasteiger partial charge in [-0.15, -0.1) is 23.1 Å². The van der Waals surface area contributed by atoms with Crippen LogP contribution in [-0.4, -0.2) is 40.5 Å². The second-order valence-electron chi connectivity index (χ2n) is 8.36. The predicted octanol–water partition coefficient (Wildman–Crippen LogP) is 5.67. The molecule has 204 valence electrons. The number of anilines is 2. The lowest BCUT2D eigenvalue weighted by Gasteiger charge is -2.17. The van der Waals surface area contributed by atoms with Gasteiger partial charge < -0.3 is 20.5 Å². The molecule has 0 saturated carbocycles. The molecular weight excluding hydrogens is 550 g/mol. The van der Waals surface area contributed by atoms with Gasteiger partial charge in [-0.1, -0.05) is 48.5 Å². The van der Waals surface area contributed by atoms with E-state index >= 15 is 0 Å². The number of nitrogens with one attached hydrogen (secondary N) is 2. The third-order valence-electron chi connectivity index (χ3n) is 5.50. The summed E-state index contributed by atoms with van der Waals surface area (Å²) >= 11 is 2.50. The van der Waals surface area contributed by atoms with Crippen LogP contribution in [0.25, 0.3) is 0 Å². The van der Waals surface area contributed by atoms with Crippen molar-refractivity contribution in [1.82, 2.24) is 4.98 Å². The molecule has 0 radical (unpaired) electrons. The number of aromatic nitrogens is 1. The number of aromatic carboxylic acids is 1. The van der Waals surface area contributed by atoms with Gasteiger partial charge in [-0.05, 0) is 42.8 Å². The third-order valence-corrected chi connectivity index (χ3v) is 7.56. The number of esters is 1. The van der Waals surface area contributed by atoms with Gasteiger partial charge in [0.15, 0.2) is 5.13 Å². The standard InChI is InChI=1S/C29H25N3O6S2/c1-2-38-24(33)16-20-17-39-29(31-20)32-27(35)25(18-9-4-3-5-10-18)40-21-12-8-11-19(15-21)30-26(34)22-13-6-7-14-23(22)28(36)37/h3-15,17,25H,2,16H2,1H3,(H,30,34)(H,36,37)(H,31,32,35). The van der Waals surface area contributed by atoms with Crippen molar-refractivity contribution < 1.29 is 29.0 Å². The van der Waals surface area contributed by atoms with Crippen LogP contribution >= 0.6 is 23.1 Å². The number of ether oxygens (including phenoxy) is 1. The lowest BCUT2D eigenvalue weighted by Crippen LogP contribution is -2.19. The quantitative estimate of drug-likeness (QED) is 0.154. The van der Waals surface area contributed by atoms with Crippen LogP contribution < -0.4 is 10.6 Å². The molecule has 4 aromatic rings. The normalized spacial score (nSPS) is 11.3. The minimum Gasteiger partial charge on any atom is -0.478 e. The van der Waals surface area contributed by atoms with E-state index in [1.54, 1.807) is 42.6 Å². The van der Waals surface area contributed by atoms with E-state index in [2.05, 4.69) is 15.6 Å². The number of carbonyl (C=O) groups is 4. The van der Waals surface area contributed by atoms with Crippen LogP contribution in [0.3, 0.4) is 0 Å². The highest BCUT2D eigenvalue weighted by Crippen LogP contribution is 2.37. The first-order valence-corrected chi connectivity index (χ1v) is 14.0. The van der Waals surface area contributed by atoms with Crippen molar-refractivity contribution >= 4 is 57.7 Å². The van der Waals surface area contributed by atoms with Gasteiger partial charge in [0.1, 0.15) is 5.25 Å². The number of hydrogen-bond acceptors (Lipinski definition) is 8. The Morgan fingerprint density at radius 2 is 1.68 bits per heavy atom. The van der Waals surface area contributed by atoms with Gasteiger partial charge in [0.25, 0.3) is 5.91 Å². The molecule has 1 heterocycles. The largest absolute Gasteiger partial charge is 0.478 e. The Balaban J connectivity index is 1.51. The molecule has 0 spiro atoms. The number of carboxylic acids is 1. The minimum absolute atomic E-state index is 0.0204. The first kappa shape index (κ1) is 28.5. The van der Waals surface area contributed by atoms with Crippen molar-refractivity contribution in [3.05, 3.63) is 107 Å². The summed E-state index contributed by atoms with van der Waals surface area (Å²) < 4.78 is 4.96. The van der Waals surface area contributed by atoms with Crippen LogP contribution in [0.5, 0.6) is 0 Å². The van der Waals surface area contributed by atoms with Crippen molar-refractivity contribution in [3.63, 3.8) is 0 Å². The summed E-state index contributed by atoms with van der Waals surface area (Å²) in [6.45, 7) is 2.01. The van der Waals surface area contributed by atoms with Gasteiger partial charge in [-0.3, -0.25) is 14.4 Å². The number of carbonyl (C=O) groups excluding carboxylic acids is 3. The molecule has 3 aromatic carbocycles. The molecule has 9 nitrogen and oxygen atoms in total. The first-order chi connectivity index (χ1) is 19.3. The maximum atomic E-state index is 13.4. The van der Waals surface area contributed by atoms with E-state index in [0.717, 1.165) is 5.56 Å². The van der Waals surface area contributed by atoms with Crippen molar-refractivity contribution in [2.24, 2.45) is 0 Å². The lowest BCUT2D eigenvalue weighted by atomic mass is 10.1. The molecule has 0 bridgehead atoms. The summed E-state index contributed by atoms with van der Waals surface area (Å²) in [5.41, 5.74) is 1.67.